The SMILES string of the molecule is COc1ccc(NC(=O)C2CCCC2N)c(O)c1. The standard InChI is InChI=1S/C13H18N2O3/c1-18-8-5-6-11(12(16)7-8)15-13(17)9-3-2-4-10(9)14/h5-7,9-10,16H,2-4,14H2,1H3,(H,15,17). The quantitative estimate of drug-likeness (QED) is 0.709. The van der Waals surface area contributed by atoms with Crippen molar-refractivity contribution in [3.8, 4) is 11.5 Å². The molecule has 4 N–H and O–H groups in total. The number of phenolic OH excluding ortho intramolecular Hbond substituents is 1. The van der Waals surface area contributed by atoms with Crippen LogP contribution >= 0.6 is 0 Å². The fourth-order valence-electron chi connectivity index (χ4n) is 2.28. The van der Waals surface area contributed by atoms with Crippen molar-refractivity contribution in [2.45, 2.75) is 25.3 Å². The summed E-state index contributed by atoms with van der Waals surface area (Å²) in [5, 5.41) is 12.5. The van der Waals surface area contributed by atoms with Gasteiger partial charge in [0, 0.05) is 12.1 Å². The summed E-state index contributed by atoms with van der Waals surface area (Å²) in [5.41, 5.74) is 6.26. The molecule has 0 bridgehead atoms. The molecule has 18 heavy (non-hydrogen) atoms. The van der Waals surface area contributed by atoms with E-state index < -0.39 is 0 Å². The van der Waals surface area contributed by atoms with Gasteiger partial charge in [0.25, 0.3) is 0 Å². The summed E-state index contributed by atoms with van der Waals surface area (Å²) in [5.74, 6) is 0.254. The first-order valence-electron chi connectivity index (χ1n) is 6.05. The Morgan fingerprint density at radius 2 is 2.28 bits per heavy atom. The summed E-state index contributed by atoms with van der Waals surface area (Å²) >= 11 is 0. The van der Waals surface area contributed by atoms with Crippen molar-refractivity contribution in [3.05, 3.63) is 18.2 Å². The molecule has 1 fully saturated rings. The van der Waals surface area contributed by atoms with Crippen LogP contribution in [0.5, 0.6) is 11.5 Å². The predicted molar refractivity (Wildman–Crippen MR) is 68.6 cm³/mol. The Bertz CT molecular complexity index is 448. The summed E-state index contributed by atoms with van der Waals surface area (Å²) in [6, 6.07) is 4.69. The summed E-state index contributed by atoms with van der Waals surface area (Å²) in [6.07, 6.45) is 2.67. The molecule has 5 nitrogen and oxygen atoms in total. The van der Waals surface area contributed by atoms with E-state index in [4.69, 9.17) is 10.5 Å². The van der Waals surface area contributed by atoms with E-state index in [1.54, 1.807) is 12.1 Å². The first kappa shape index (κ1) is 12.7. The largest absolute Gasteiger partial charge is 0.506 e. The van der Waals surface area contributed by atoms with Crippen molar-refractivity contribution in [2.75, 3.05) is 12.4 Å². The van der Waals surface area contributed by atoms with Crippen LogP contribution in [0.1, 0.15) is 19.3 Å². The maximum Gasteiger partial charge on any atom is 0.229 e. The molecule has 1 aromatic carbocycles. The van der Waals surface area contributed by atoms with E-state index in [0.717, 1.165) is 19.3 Å². The van der Waals surface area contributed by atoms with E-state index in [1.807, 2.05) is 0 Å². The predicted octanol–water partition coefficient (Wildman–Crippen LogP) is 1.47. The lowest BCUT2D eigenvalue weighted by molar-refractivity contribution is -0.120. The smallest absolute Gasteiger partial charge is 0.229 e. The second kappa shape index (κ2) is 5.27. The molecule has 1 aliphatic rings. The van der Waals surface area contributed by atoms with Crippen LogP contribution in [0, 0.1) is 5.92 Å². The summed E-state index contributed by atoms with van der Waals surface area (Å²) in [4.78, 5) is 12.0. The van der Waals surface area contributed by atoms with Crippen LogP contribution in [0.15, 0.2) is 18.2 Å². The molecule has 1 amide bonds. The van der Waals surface area contributed by atoms with Crippen LogP contribution in [0.4, 0.5) is 5.69 Å². The first-order chi connectivity index (χ1) is 8.61. The molecule has 1 aliphatic carbocycles. The van der Waals surface area contributed by atoms with Gasteiger partial charge in [-0.2, -0.15) is 0 Å². The van der Waals surface area contributed by atoms with E-state index in [-0.39, 0.29) is 23.6 Å². The van der Waals surface area contributed by atoms with Crippen LogP contribution in [0.2, 0.25) is 0 Å². The van der Waals surface area contributed by atoms with Crippen LogP contribution in [-0.2, 0) is 4.79 Å². The summed E-state index contributed by atoms with van der Waals surface area (Å²) < 4.78 is 4.98. The van der Waals surface area contributed by atoms with Gasteiger partial charge in [0.2, 0.25) is 5.91 Å². The monoisotopic (exact) mass is 250 g/mol. The second-order valence-corrected chi connectivity index (χ2v) is 4.57. The average molecular weight is 250 g/mol. The Hall–Kier alpha value is -1.75. The van der Waals surface area contributed by atoms with Gasteiger partial charge in [-0.1, -0.05) is 6.42 Å². The van der Waals surface area contributed by atoms with Crippen LogP contribution in [0.25, 0.3) is 0 Å². The molecule has 2 atom stereocenters. The van der Waals surface area contributed by atoms with Crippen LogP contribution < -0.4 is 15.8 Å². The molecule has 0 spiro atoms. The van der Waals surface area contributed by atoms with Crippen molar-refractivity contribution in [1.29, 1.82) is 0 Å². The first-order valence-corrected chi connectivity index (χ1v) is 6.05. The van der Waals surface area contributed by atoms with Crippen LogP contribution in [0.3, 0.4) is 0 Å². The molecule has 2 rings (SSSR count). The summed E-state index contributed by atoms with van der Waals surface area (Å²) in [6.45, 7) is 0. The number of nitrogens with one attached hydrogen (secondary N) is 1. The van der Waals surface area contributed by atoms with Gasteiger partial charge in [0.05, 0.1) is 18.7 Å². The third kappa shape index (κ3) is 2.56. The molecule has 1 saturated carbocycles. The molecule has 5 heteroatoms. The van der Waals surface area contributed by atoms with E-state index in [1.165, 1.54) is 13.2 Å². The van der Waals surface area contributed by atoms with Gasteiger partial charge in [-0.05, 0) is 25.0 Å². The zero-order valence-electron chi connectivity index (χ0n) is 10.3. The zero-order chi connectivity index (χ0) is 13.1. The van der Waals surface area contributed by atoms with Gasteiger partial charge in [0.15, 0.2) is 0 Å². The molecule has 2 unspecified atom stereocenters. The fourth-order valence-corrected chi connectivity index (χ4v) is 2.28. The van der Waals surface area contributed by atoms with Crippen molar-refractivity contribution in [2.24, 2.45) is 11.7 Å². The highest BCUT2D eigenvalue weighted by Crippen LogP contribution is 2.30. The van der Waals surface area contributed by atoms with E-state index in [9.17, 15) is 9.90 Å². The van der Waals surface area contributed by atoms with E-state index >= 15 is 0 Å². The number of methoxy groups -OCH3 is 1. The highest BCUT2D eigenvalue weighted by molar-refractivity contribution is 5.94. The Labute approximate surface area is 106 Å². The number of hydrogen-bond acceptors (Lipinski definition) is 4. The topological polar surface area (TPSA) is 84.6 Å². The van der Waals surface area contributed by atoms with Crippen LogP contribution in [-0.4, -0.2) is 24.2 Å². The number of rotatable bonds is 3. The molecular weight excluding hydrogens is 232 g/mol. The lowest BCUT2D eigenvalue weighted by atomic mass is 10.0. The maximum absolute atomic E-state index is 12.0. The number of ether oxygens (including phenoxy) is 1. The number of hydrogen-bond donors (Lipinski definition) is 3. The number of aromatic hydroxyl groups is 1. The lowest BCUT2D eigenvalue weighted by Crippen LogP contribution is -2.34. The normalized spacial score (nSPS) is 22.8. The fraction of sp³-hybridized carbons (Fsp3) is 0.462. The Balaban J connectivity index is 2.07. The number of anilines is 1. The minimum atomic E-state index is -0.161. The van der Waals surface area contributed by atoms with Crippen molar-refractivity contribution >= 4 is 11.6 Å². The lowest BCUT2D eigenvalue weighted by Gasteiger charge is -2.16. The molecule has 0 radical (unpaired) electrons. The minimum absolute atomic E-state index is 0.00531. The number of carbonyl (C=O) groups excluding carboxylic acids is 1. The molecule has 0 aliphatic heterocycles. The Morgan fingerprint density at radius 1 is 1.50 bits per heavy atom. The van der Waals surface area contributed by atoms with Crippen molar-refractivity contribution in [3.63, 3.8) is 0 Å². The molecule has 98 valence electrons. The molecular formula is C13H18N2O3. The average Bonchev–Trinajstić information content (AvgIpc) is 2.78. The van der Waals surface area contributed by atoms with Crippen molar-refractivity contribution < 1.29 is 14.6 Å². The number of amides is 1. The zero-order valence-corrected chi connectivity index (χ0v) is 10.3. The number of carbonyl (C=O) groups is 1. The molecule has 0 aromatic heterocycles. The van der Waals surface area contributed by atoms with Gasteiger partial charge in [0.1, 0.15) is 11.5 Å². The number of benzene rings is 1. The van der Waals surface area contributed by atoms with Gasteiger partial charge in [-0.3, -0.25) is 4.79 Å². The number of nitrogens with two attached hydrogens (primary N) is 1. The third-order valence-corrected chi connectivity index (χ3v) is 3.37. The maximum atomic E-state index is 12.0. The molecule has 1 aromatic rings. The van der Waals surface area contributed by atoms with E-state index in [2.05, 4.69) is 5.32 Å². The highest BCUT2D eigenvalue weighted by atomic mass is 16.5. The third-order valence-electron chi connectivity index (χ3n) is 3.37. The minimum Gasteiger partial charge on any atom is -0.506 e. The van der Waals surface area contributed by atoms with Gasteiger partial charge in [-0.15, -0.1) is 0 Å². The molecule has 0 saturated heterocycles. The molecule has 0 heterocycles. The second-order valence-electron chi connectivity index (χ2n) is 4.57. The Morgan fingerprint density at radius 3 is 2.83 bits per heavy atom. The highest BCUT2D eigenvalue weighted by Gasteiger charge is 2.30. The van der Waals surface area contributed by atoms with Gasteiger partial charge in [-0.25, -0.2) is 0 Å². The van der Waals surface area contributed by atoms with Gasteiger partial charge < -0.3 is 20.9 Å². The van der Waals surface area contributed by atoms with Gasteiger partial charge >= 0.3 is 0 Å². The van der Waals surface area contributed by atoms with Crippen molar-refractivity contribution in [1.82, 2.24) is 0 Å². The number of phenols is 1. The Kier molecular flexibility index (Phi) is 3.72. The van der Waals surface area contributed by atoms with E-state index in [0.29, 0.717) is 11.4 Å². The summed E-state index contributed by atoms with van der Waals surface area (Å²) in [7, 11) is 1.52.